The first-order valence-corrected chi connectivity index (χ1v) is 8.79. The van der Waals surface area contributed by atoms with Gasteiger partial charge in [-0.25, -0.2) is 0 Å². The molecule has 3 aromatic rings. The quantitative estimate of drug-likeness (QED) is 0.501. The van der Waals surface area contributed by atoms with Gasteiger partial charge in [-0.3, -0.25) is 4.79 Å². The number of rotatable bonds is 5. The van der Waals surface area contributed by atoms with Crippen molar-refractivity contribution in [2.75, 3.05) is 5.75 Å². The number of halogens is 1. The van der Waals surface area contributed by atoms with Gasteiger partial charge >= 0.3 is 0 Å². The maximum Gasteiger partial charge on any atom is 0.191 e. The lowest BCUT2D eigenvalue weighted by Gasteiger charge is -2.04. The van der Waals surface area contributed by atoms with Crippen LogP contribution in [0.25, 0.3) is 11.4 Å². The molecular formula is C18H16ClN3OS. The van der Waals surface area contributed by atoms with Gasteiger partial charge in [-0.2, -0.15) is 0 Å². The standard InChI is InChI=1S/C18H16ClN3OS/c1-12-4-3-5-14(10-12)17-20-21-18(22(17)2)24-11-16(23)13-6-8-15(19)9-7-13/h3-10H,11H2,1-2H3. The molecule has 0 N–H and O–H groups in total. The number of aromatic nitrogens is 3. The van der Waals surface area contributed by atoms with Gasteiger partial charge in [-0.1, -0.05) is 47.1 Å². The van der Waals surface area contributed by atoms with E-state index in [-0.39, 0.29) is 5.78 Å². The van der Waals surface area contributed by atoms with Crippen molar-refractivity contribution < 1.29 is 4.79 Å². The number of hydrogen-bond donors (Lipinski definition) is 0. The predicted octanol–water partition coefficient (Wildman–Crippen LogP) is 4.42. The van der Waals surface area contributed by atoms with Crippen LogP contribution in [0.4, 0.5) is 0 Å². The second kappa shape index (κ2) is 7.20. The van der Waals surface area contributed by atoms with Crippen LogP contribution in [-0.4, -0.2) is 26.3 Å². The smallest absolute Gasteiger partial charge is 0.191 e. The van der Waals surface area contributed by atoms with Crippen LogP contribution in [0.1, 0.15) is 15.9 Å². The number of Topliss-reactive ketones (excluding diaryl/α,β-unsaturated/α-hetero) is 1. The van der Waals surface area contributed by atoms with Gasteiger partial charge in [0, 0.05) is 23.2 Å². The van der Waals surface area contributed by atoms with E-state index >= 15 is 0 Å². The third kappa shape index (κ3) is 3.68. The van der Waals surface area contributed by atoms with Gasteiger partial charge in [0.1, 0.15) is 0 Å². The van der Waals surface area contributed by atoms with Crippen LogP contribution in [0.3, 0.4) is 0 Å². The summed E-state index contributed by atoms with van der Waals surface area (Å²) >= 11 is 7.22. The maximum atomic E-state index is 12.2. The van der Waals surface area contributed by atoms with E-state index in [1.54, 1.807) is 24.3 Å². The Morgan fingerprint density at radius 1 is 1.17 bits per heavy atom. The molecule has 0 aliphatic rings. The number of thioether (sulfide) groups is 1. The van der Waals surface area contributed by atoms with E-state index in [9.17, 15) is 4.79 Å². The largest absolute Gasteiger partial charge is 0.305 e. The molecule has 24 heavy (non-hydrogen) atoms. The summed E-state index contributed by atoms with van der Waals surface area (Å²) in [6.07, 6.45) is 0. The second-order valence-corrected chi connectivity index (χ2v) is 6.83. The summed E-state index contributed by atoms with van der Waals surface area (Å²) in [6, 6.07) is 15.0. The number of carbonyl (C=O) groups excluding carboxylic acids is 1. The average Bonchev–Trinajstić information content (AvgIpc) is 2.94. The Morgan fingerprint density at radius 2 is 1.92 bits per heavy atom. The Kier molecular flexibility index (Phi) is 5.02. The van der Waals surface area contributed by atoms with Crippen molar-refractivity contribution in [2.45, 2.75) is 12.1 Å². The first kappa shape index (κ1) is 16.7. The second-order valence-electron chi connectivity index (χ2n) is 5.45. The van der Waals surface area contributed by atoms with Crippen molar-refractivity contribution in [3.63, 3.8) is 0 Å². The van der Waals surface area contributed by atoms with Crippen LogP contribution in [0.5, 0.6) is 0 Å². The van der Waals surface area contributed by atoms with E-state index in [2.05, 4.69) is 16.3 Å². The molecule has 0 unspecified atom stereocenters. The SMILES string of the molecule is Cc1cccc(-c2nnc(SCC(=O)c3ccc(Cl)cc3)n2C)c1. The first-order chi connectivity index (χ1) is 11.5. The van der Waals surface area contributed by atoms with Crippen LogP contribution in [0, 0.1) is 6.92 Å². The molecule has 0 spiro atoms. The highest BCUT2D eigenvalue weighted by Crippen LogP contribution is 2.24. The number of nitrogens with zero attached hydrogens (tertiary/aromatic N) is 3. The van der Waals surface area contributed by atoms with E-state index in [4.69, 9.17) is 11.6 Å². The molecule has 0 bridgehead atoms. The fourth-order valence-corrected chi connectivity index (χ4v) is 3.26. The molecule has 4 nitrogen and oxygen atoms in total. The summed E-state index contributed by atoms with van der Waals surface area (Å²) in [4.78, 5) is 12.2. The fraction of sp³-hybridized carbons (Fsp3) is 0.167. The van der Waals surface area contributed by atoms with Crippen molar-refractivity contribution in [3.05, 3.63) is 64.7 Å². The van der Waals surface area contributed by atoms with E-state index in [1.807, 2.05) is 36.7 Å². The zero-order valence-electron chi connectivity index (χ0n) is 13.4. The van der Waals surface area contributed by atoms with E-state index in [0.29, 0.717) is 21.5 Å². The Hall–Kier alpha value is -2.11. The average molecular weight is 358 g/mol. The van der Waals surface area contributed by atoms with Crippen LogP contribution in [0.2, 0.25) is 5.02 Å². The molecule has 6 heteroatoms. The molecule has 0 amide bonds. The summed E-state index contributed by atoms with van der Waals surface area (Å²) in [5.41, 5.74) is 2.83. The highest BCUT2D eigenvalue weighted by atomic mass is 35.5. The molecule has 0 atom stereocenters. The molecule has 0 saturated heterocycles. The number of carbonyl (C=O) groups is 1. The van der Waals surface area contributed by atoms with Crippen molar-refractivity contribution in [2.24, 2.45) is 7.05 Å². The minimum atomic E-state index is 0.0387. The Morgan fingerprint density at radius 3 is 2.62 bits per heavy atom. The first-order valence-electron chi connectivity index (χ1n) is 7.42. The molecule has 0 fully saturated rings. The zero-order valence-corrected chi connectivity index (χ0v) is 14.9. The summed E-state index contributed by atoms with van der Waals surface area (Å²) in [6.45, 7) is 2.04. The Labute approximate surface area is 149 Å². The number of ketones is 1. The van der Waals surface area contributed by atoms with Gasteiger partial charge < -0.3 is 4.57 Å². The molecule has 1 heterocycles. The maximum absolute atomic E-state index is 12.2. The van der Waals surface area contributed by atoms with Gasteiger partial charge in [0.2, 0.25) is 0 Å². The minimum Gasteiger partial charge on any atom is -0.305 e. The molecular weight excluding hydrogens is 342 g/mol. The molecule has 2 aromatic carbocycles. The van der Waals surface area contributed by atoms with Crippen molar-refractivity contribution in [1.82, 2.24) is 14.8 Å². The molecule has 1 aromatic heterocycles. The van der Waals surface area contributed by atoms with Crippen LogP contribution in [0.15, 0.2) is 53.7 Å². The predicted molar refractivity (Wildman–Crippen MR) is 97.7 cm³/mol. The van der Waals surface area contributed by atoms with Crippen molar-refractivity contribution in [1.29, 1.82) is 0 Å². The molecule has 0 aliphatic heterocycles. The topological polar surface area (TPSA) is 47.8 Å². The van der Waals surface area contributed by atoms with Crippen molar-refractivity contribution in [3.8, 4) is 11.4 Å². The van der Waals surface area contributed by atoms with Gasteiger partial charge in [-0.15, -0.1) is 10.2 Å². The number of hydrogen-bond acceptors (Lipinski definition) is 4. The summed E-state index contributed by atoms with van der Waals surface area (Å²) in [5, 5.41) is 9.79. The van der Waals surface area contributed by atoms with Gasteiger partial charge in [0.05, 0.1) is 5.75 Å². The normalized spacial score (nSPS) is 10.8. The van der Waals surface area contributed by atoms with E-state index < -0.39 is 0 Å². The summed E-state index contributed by atoms with van der Waals surface area (Å²) < 4.78 is 1.91. The van der Waals surface area contributed by atoms with Gasteiger partial charge in [0.15, 0.2) is 16.8 Å². The summed E-state index contributed by atoms with van der Waals surface area (Å²) in [7, 11) is 1.91. The molecule has 122 valence electrons. The van der Waals surface area contributed by atoms with Gasteiger partial charge in [0.25, 0.3) is 0 Å². The van der Waals surface area contributed by atoms with Crippen LogP contribution < -0.4 is 0 Å². The highest BCUT2D eigenvalue weighted by molar-refractivity contribution is 7.99. The molecule has 0 radical (unpaired) electrons. The van der Waals surface area contributed by atoms with Crippen LogP contribution >= 0.6 is 23.4 Å². The van der Waals surface area contributed by atoms with Crippen LogP contribution in [-0.2, 0) is 7.05 Å². The Balaban J connectivity index is 1.72. The molecule has 0 saturated carbocycles. The van der Waals surface area contributed by atoms with Crippen molar-refractivity contribution >= 4 is 29.1 Å². The monoisotopic (exact) mass is 357 g/mol. The molecule has 3 rings (SSSR count). The minimum absolute atomic E-state index is 0.0387. The fourth-order valence-electron chi connectivity index (χ4n) is 2.33. The van der Waals surface area contributed by atoms with E-state index in [1.165, 1.54) is 17.3 Å². The highest BCUT2D eigenvalue weighted by Gasteiger charge is 2.14. The lowest BCUT2D eigenvalue weighted by Crippen LogP contribution is -2.03. The number of benzene rings is 2. The van der Waals surface area contributed by atoms with Gasteiger partial charge in [-0.05, 0) is 37.3 Å². The number of aryl methyl sites for hydroxylation is 1. The zero-order chi connectivity index (χ0) is 17.1. The lowest BCUT2D eigenvalue weighted by molar-refractivity contribution is 0.102. The van der Waals surface area contributed by atoms with E-state index in [0.717, 1.165) is 11.4 Å². The molecule has 0 aliphatic carbocycles. The summed E-state index contributed by atoms with van der Waals surface area (Å²) in [5.74, 6) is 1.14. The third-order valence-corrected chi connectivity index (χ3v) is 4.88. The third-order valence-electron chi connectivity index (χ3n) is 3.61. The Bertz CT molecular complexity index is 874. The lowest BCUT2D eigenvalue weighted by atomic mass is 10.1.